The van der Waals surface area contributed by atoms with Crippen molar-refractivity contribution in [2.45, 2.75) is 12.0 Å². The second-order valence-corrected chi connectivity index (χ2v) is 6.44. The fourth-order valence-corrected chi connectivity index (χ4v) is 2.65. The third-order valence-electron chi connectivity index (χ3n) is 2.78. The number of benzene rings is 1. The lowest BCUT2D eigenvalue weighted by molar-refractivity contribution is 0.171. The standard InChI is InChI=1S/C12H12Br2O/c1-15-12-9(7-10(13)14)11(12)8-5-3-2-4-6-8/h2-7,9,11-12H,1H3/t9-,11-,12+/m0/s1. The minimum Gasteiger partial charge on any atom is -0.380 e. The molecule has 0 aliphatic heterocycles. The fraction of sp³-hybridized carbons (Fsp3) is 0.333. The maximum absolute atomic E-state index is 5.46. The zero-order valence-electron chi connectivity index (χ0n) is 8.36. The van der Waals surface area contributed by atoms with Gasteiger partial charge in [0.2, 0.25) is 0 Å². The summed E-state index contributed by atoms with van der Waals surface area (Å²) >= 11 is 6.79. The molecule has 80 valence electrons. The van der Waals surface area contributed by atoms with Crippen LogP contribution in [0.15, 0.2) is 39.8 Å². The van der Waals surface area contributed by atoms with E-state index >= 15 is 0 Å². The number of hydrogen-bond donors (Lipinski definition) is 0. The highest BCUT2D eigenvalue weighted by molar-refractivity contribution is 9.28. The van der Waals surface area contributed by atoms with Crippen molar-refractivity contribution in [3.05, 3.63) is 45.4 Å². The molecule has 0 N–H and O–H groups in total. The van der Waals surface area contributed by atoms with Gasteiger partial charge < -0.3 is 4.74 Å². The third-order valence-corrected chi connectivity index (χ3v) is 3.31. The van der Waals surface area contributed by atoms with E-state index in [2.05, 4.69) is 62.2 Å². The summed E-state index contributed by atoms with van der Waals surface area (Å²) in [6, 6.07) is 10.5. The van der Waals surface area contributed by atoms with Gasteiger partial charge in [-0.05, 0) is 37.4 Å². The topological polar surface area (TPSA) is 9.23 Å². The van der Waals surface area contributed by atoms with Gasteiger partial charge >= 0.3 is 0 Å². The second kappa shape index (κ2) is 4.81. The molecular weight excluding hydrogens is 320 g/mol. The first-order valence-electron chi connectivity index (χ1n) is 4.84. The van der Waals surface area contributed by atoms with Crippen molar-refractivity contribution in [1.29, 1.82) is 0 Å². The average molecular weight is 332 g/mol. The van der Waals surface area contributed by atoms with E-state index in [-0.39, 0.29) is 0 Å². The van der Waals surface area contributed by atoms with Gasteiger partial charge in [-0.15, -0.1) is 0 Å². The number of hydrogen-bond acceptors (Lipinski definition) is 1. The zero-order chi connectivity index (χ0) is 10.8. The van der Waals surface area contributed by atoms with E-state index in [1.54, 1.807) is 7.11 Å². The predicted molar refractivity (Wildman–Crippen MR) is 69.4 cm³/mol. The molecule has 2 rings (SSSR count). The van der Waals surface area contributed by atoms with Crippen molar-refractivity contribution < 1.29 is 4.74 Å². The monoisotopic (exact) mass is 330 g/mol. The Bertz CT molecular complexity index is 357. The minimum atomic E-state index is 0.317. The second-order valence-electron chi connectivity index (χ2n) is 3.67. The van der Waals surface area contributed by atoms with Crippen LogP contribution in [0.1, 0.15) is 11.5 Å². The quantitative estimate of drug-likeness (QED) is 0.812. The molecule has 0 saturated heterocycles. The fourth-order valence-electron chi connectivity index (χ4n) is 2.04. The molecule has 0 radical (unpaired) electrons. The molecule has 1 aromatic carbocycles. The molecular formula is C12H12Br2O. The van der Waals surface area contributed by atoms with Gasteiger partial charge in [0.15, 0.2) is 0 Å². The molecule has 0 spiro atoms. The van der Waals surface area contributed by atoms with Crippen LogP contribution in [0.25, 0.3) is 0 Å². The highest BCUT2D eigenvalue weighted by Gasteiger charge is 2.50. The first kappa shape index (κ1) is 11.4. The number of methoxy groups -OCH3 is 1. The summed E-state index contributed by atoms with van der Waals surface area (Å²) in [6.07, 6.45) is 2.48. The highest BCUT2D eigenvalue weighted by Crippen LogP contribution is 2.51. The van der Waals surface area contributed by atoms with E-state index in [4.69, 9.17) is 4.74 Å². The Labute approximate surface area is 107 Å². The first-order chi connectivity index (χ1) is 7.24. The Kier molecular flexibility index (Phi) is 3.65. The van der Waals surface area contributed by atoms with Crippen LogP contribution < -0.4 is 0 Å². The summed E-state index contributed by atoms with van der Waals surface area (Å²) in [5, 5.41) is 0. The van der Waals surface area contributed by atoms with E-state index < -0.39 is 0 Å². The number of ether oxygens (including phenoxy) is 1. The zero-order valence-corrected chi connectivity index (χ0v) is 11.5. The molecule has 1 fully saturated rings. The van der Waals surface area contributed by atoms with Crippen LogP contribution in [0.4, 0.5) is 0 Å². The summed E-state index contributed by atoms with van der Waals surface area (Å²) < 4.78 is 6.46. The van der Waals surface area contributed by atoms with Crippen LogP contribution >= 0.6 is 31.9 Å². The van der Waals surface area contributed by atoms with Crippen molar-refractivity contribution in [3.63, 3.8) is 0 Å². The molecule has 1 aliphatic rings. The van der Waals surface area contributed by atoms with E-state index in [9.17, 15) is 0 Å². The van der Waals surface area contributed by atoms with Crippen molar-refractivity contribution in [1.82, 2.24) is 0 Å². The SMILES string of the molecule is CO[C@@H]1[C@@H](C=C(Br)Br)[C@@H]1c1ccccc1. The molecule has 1 aliphatic carbocycles. The molecule has 3 atom stereocenters. The van der Waals surface area contributed by atoms with Gasteiger partial charge in [-0.2, -0.15) is 0 Å². The van der Waals surface area contributed by atoms with Crippen molar-refractivity contribution in [3.8, 4) is 0 Å². The summed E-state index contributed by atoms with van der Waals surface area (Å²) in [5.41, 5.74) is 1.35. The van der Waals surface area contributed by atoms with Gasteiger partial charge in [0.25, 0.3) is 0 Å². The molecule has 0 heterocycles. The molecule has 1 nitrogen and oxygen atoms in total. The minimum absolute atomic E-state index is 0.317. The molecule has 0 amide bonds. The van der Waals surface area contributed by atoms with Crippen LogP contribution in [0, 0.1) is 5.92 Å². The van der Waals surface area contributed by atoms with Crippen LogP contribution in [0.2, 0.25) is 0 Å². The normalized spacial score (nSPS) is 28.6. The number of halogens is 2. The lowest BCUT2D eigenvalue weighted by Crippen LogP contribution is -1.90. The van der Waals surface area contributed by atoms with Gasteiger partial charge in [-0.3, -0.25) is 0 Å². The average Bonchev–Trinajstić information content (AvgIpc) is 2.91. The molecule has 0 bridgehead atoms. The summed E-state index contributed by atoms with van der Waals surface area (Å²) in [6.45, 7) is 0. The van der Waals surface area contributed by atoms with Crippen molar-refractivity contribution >= 4 is 31.9 Å². The highest BCUT2D eigenvalue weighted by atomic mass is 79.9. The van der Waals surface area contributed by atoms with Crippen LogP contribution in [0.5, 0.6) is 0 Å². The van der Waals surface area contributed by atoms with Crippen LogP contribution in [-0.4, -0.2) is 13.2 Å². The van der Waals surface area contributed by atoms with E-state index in [0.717, 1.165) is 3.39 Å². The molecule has 3 heteroatoms. The summed E-state index contributed by atoms with van der Waals surface area (Å²) in [5.74, 6) is 0.979. The predicted octanol–water partition coefficient (Wildman–Crippen LogP) is 4.05. The van der Waals surface area contributed by atoms with Gasteiger partial charge in [0, 0.05) is 18.9 Å². The van der Waals surface area contributed by atoms with Crippen molar-refractivity contribution in [2.75, 3.05) is 7.11 Å². The maximum atomic E-state index is 5.46. The Morgan fingerprint density at radius 2 is 1.93 bits per heavy atom. The summed E-state index contributed by atoms with van der Waals surface area (Å²) in [4.78, 5) is 0. The lowest BCUT2D eigenvalue weighted by Gasteiger charge is -1.97. The van der Waals surface area contributed by atoms with Crippen LogP contribution in [0.3, 0.4) is 0 Å². The van der Waals surface area contributed by atoms with Crippen LogP contribution in [-0.2, 0) is 4.74 Å². The van der Waals surface area contributed by atoms with Gasteiger partial charge in [-0.25, -0.2) is 0 Å². The Morgan fingerprint density at radius 3 is 2.47 bits per heavy atom. The Balaban J connectivity index is 2.15. The molecule has 1 saturated carbocycles. The van der Waals surface area contributed by atoms with E-state index in [1.807, 2.05) is 6.07 Å². The van der Waals surface area contributed by atoms with E-state index in [1.165, 1.54) is 5.56 Å². The largest absolute Gasteiger partial charge is 0.380 e. The first-order valence-corrected chi connectivity index (χ1v) is 6.43. The Morgan fingerprint density at radius 1 is 1.27 bits per heavy atom. The Hall–Kier alpha value is -0.120. The molecule has 15 heavy (non-hydrogen) atoms. The molecule has 1 aromatic rings. The van der Waals surface area contributed by atoms with Crippen molar-refractivity contribution in [2.24, 2.45) is 5.92 Å². The van der Waals surface area contributed by atoms with Gasteiger partial charge in [0.1, 0.15) is 0 Å². The number of rotatable bonds is 3. The van der Waals surface area contributed by atoms with E-state index in [0.29, 0.717) is 17.9 Å². The molecule has 0 unspecified atom stereocenters. The third kappa shape index (κ3) is 2.52. The summed E-state index contributed by atoms with van der Waals surface area (Å²) in [7, 11) is 1.77. The molecule has 0 aromatic heterocycles. The smallest absolute Gasteiger partial charge is 0.0716 e. The van der Waals surface area contributed by atoms with Gasteiger partial charge in [0.05, 0.1) is 9.50 Å². The lowest BCUT2D eigenvalue weighted by atomic mass is 10.1. The van der Waals surface area contributed by atoms with Gasteiger partial charge in [-0.1, -0.05) is 36.4 Å². The maximum Gasteiger partial charge on any atom is 0.0716 e.